The number of β-amino-alcohol motifs (C(OH)–C–C–N with tert-alkyl or cyclic N) is 1. The lowest BCUT2D eigenvalue weighted by Crippen LogP contribution is -2.39. The molecule has 0 saturated heterocycles. The molecule has 0 amide bonds. The van der Waals surface area contributed by atoms with E-state index < -0.39 is 6.10 Å². The van der Waals surface area contributed by atoms with E-state index in [-0.39, 0.29) is 17.8 Å². The van der Waals surface area contributed by atoms with Crippen LogP contribution in [0, 0.1) is 5.82 Å². The van der Waals surface area contributed by atoms with E-state index in [2.05, 4.69) is 9.97 Å². The number of benzene rings is 1. The first-order valence-corrected chi connectivity index (χ1v) is 7.77. The lowest BCUT2D eigenvalue weighted by atomic mass is 10.1. The molecule has 0 spiro atoms. The van der Waals surface area contributed by atoms with Crippen LogP contribution in [0.1, 0.15) is 29.6 Å². The van der Waals surface area contributed by atoms with E-state index in [4.69, 9.17) is 0 Å². The van der Waals surface area contributed by atoms with E-state index in [1.54, 1.807) is 25.1 Å². The molecule has 1 aromatic carbocycles. The van der Waals surface area contributed by atoms with Crippen molar-refractivity contribution in [2.45, 2.75) is 32.4 Å². The fourth-order valence-electron chi connectivity index (χ4n) is 2.97. The number of aromatic amines is 1. The number of aliphatic hydroxyl groups excluding tert-OH is 1. The summed E-state index contributed by atoms with van der Waals surface area (Å²) in [5.41, 5.74) is 1.77. The fourth-order valence-corrected chi connectivity index (χ4v) is 2.97. The van der Waals surface area contributed by atoms with Gasteiger partial charge >= 0.3 is 0 Å². The van der Waals surface area contributed by atoms with Crippen LogP contribution in [-0.2, 0) is 19.4 Å². The minimum absolute atomic E-state index is 0.170. The average molecular weight is 317 g/mol. The van der Waals surface area contributed by atoms with Crippen LogP contribution in [-0.4, -0.2) is 39.2 Å². The highest BCUT2D eigenvalue weighted by molar-refractivity contribution is 5.25. The molecule has 1 aliphatic heterocycles. The van der Waals surface area contributed by atoms with Crippen LogP contribution in [0.15, 0.2) is 29.1 Å². The van der Waals surface area contributed by atoms with Crippen molar-refractivity contribution in [3.8, 4) is 0 Å². The van der Waals surface area contributed by atoms with Crippen molar-refractivity contribution in [3.63, 3.8) is 0 Å². The van der Waals surface area contributed by atoms with Gasteiger partial charge in [0, 0.05) is 32.5 Å². The fraction of sp³-hybridized carbons (Fsp3) is 0.412. The Labute approximate surface area is 133 Å². The van der Waals surface area contributed by atoms with Gasteiger partial charge in [0.05, 0.1) is 17.4 Å². The SMILES string of the molecule is C[C@H](O)CN1CCc2nc(Cc3ccccc3F)[nH]c(=O)c2C1. The zero-order valence-corrected chi connectivity index (χ0v) is 13.1. The maximum atomic E-state index is 13.7. The number of aliphatic hydroxyl groups is 1. The normalized spacial score (nSPS) is 16.1. The first-order valence-electron chi connectivity index (χ1n) is 7.77. The Bertz CT molecular complexity index is 758. The predicted octanol–water partition coefficient (Wildman–Crippen LogP) is 1.24. The number of nitrogens with one attached hydrogen (secondary N) is 1. The summed E-state index contributed by atoms with van der Waals surface area (Å²) < 4.78 is 13.7. The van der Waals surface area contributed by atoms with Gasteiger partial charge in [-0.25, -0.2) is 9.37 Å². The van der Waals surface area contributed by atoms with Gasteiger partial charge in [-0.3, -0.25) is 9.69 Å². The summed E-state index contributed by atoms with van der Waals surface area (Å²) in [6.45, 7) is 3.52. The largest absolute Gasteiger partial charge is 0.392 e. The topological polar surface area (TPSA) is 69.2 Å². The molecule has 1 atom stereocenters. The standard InChI is InChI=1S/C17H20FN3O2/c1-11(22)9-21-7-6-15-13(10-21)17(23)20-16(19-15)8-12-4-2-3-5-14(12)18/h2-5,11,22H,6-10H2,1H3,(H,19,20,23)/t11-/m0/s1. The monoisotopic (exact) mass is 317 g/mol. The van der Waals surface area contributed by atoms with E-state index in [1.807, 2.05) is 4.90 Å². The second-order valence-corrected chi connectivity index (χ2v) is 6.04. The first kappa shape index (κ1) is 15.8. The van der Waals surface area contributed by atoms with Crippen LogP contribution in [0.25, 0.3) is 0 Å². The minimum Gasteiger partial charge on any atom is -0.392 e. The van der Waals surface area contributed by atoms with Crippen LogP contribution in [0.3, 0.4) is 0 Å². The summed E-state index contributed by atoms with van der Waals surface area (Å²) in [5, 5.41) is 9.48. The molecule has 0 radical (unpaired) electrons. The molecule has 3 rings (SSSR count). The highest BCUT2D eigenvalue weighted by Crippen LogP contribution is 2.16. The number of rotatable bonds is 4. The lowest BCUT2D eigenvalue weighted by Gasteiger charge is -2.28. The molecule has 0 unspecified atom stereocenters. The lowest BCUT2D eigenvalue weighted by molar-refractivity contribution is 0.118. The number of fused-ring (bicyclic) bond motifs is 1. The molecule has 0 aliphatic carbocycles. The van der Waals surface area contributed by atoms with Crippen LogP contribution in [0.5, 0.6) is 0 Å². The Balaban J connectivity index is 1.83. The maximum absolute atomic E-state index is 13.7. The van der Waals surface area contributed by atoms with Gasteiger partial charge in [0.15, 0.2) is 0 Å². The van der Waals surface area contributed by atoms with E-state index in [0.717, 1.165) is 12.2 Å². The second-order valence-electron chi connectivity index (χ2n) is 6.04. The Hall–Kier alpha value is -2.05. The summed E-state index contributed by atoms with van der Waals surface area (Å²) in [7, 11) is 0. The third-order valence-electron chi connectivity index (χ3n) is 4.03. The quantitative estimate of drug-likeness (QED) is 0.890. The molecule has 0 fully saturated rings. The van der Waals surface area contributed by atoms with Crippen LogP contribution < -0.4 is 5.56 Å². The predicted molar refractivity (Wildman–Crippen MR) is 84.7 cm³/mol. The summed E-state index contributed by atoms with van der Waals surface area (Å²) >= 11 is 0. The van der Waals surface area contributed by atoms with E-state index in [0.29, 0.717) is 36.5 Å². The third-order valence-corrected chi connectivity index (χ3v) is 4.03. The molecule has 2 heterocycles. The van der Waals surface area contributed by atoms with Gasteiger partial charge in [-0.1, -0.05) is 18.2 Å². The van der Waals surface area contributed by atoms with Crippen molar-refractivity contribution >= 4 is 0 Å². The molecule has 0 saturated carbocycles. The molecule has 122 valence electrons. The van der Waals surface area contributed by atoms with Gasteiger partial charge in [0.2, 0.25) is 0 Å². The van der Waals surface area contributed by atoms with Gasteiger partial charge in [-0.2, -0.15) is 0 Å². The molecule has 6 heteroatoms. The van der Waals surface area contributed by atoms with Crippen molar-refractivity contribution in [2.24, 2.45) is 0 Å². The number of hydrogen-bond acceptors (Lipinski definition) is 4. The summed E-state index contributed by atoms with van der Waals surface area (Å²) in [4.78, 5) is 21.6. The molecule has 0 bridgehead atoms. The average Bonchev–Trinajstić information content (AvgIpc) is 2.50. The van der Waals surface area contributed by atoms with E-state index in [9.17, 15) is 14.3 Å². The highest BCUT2D eigenvalue weighted by Gasteiger charge is 2.22. The highest BCUT2D eigenvalue weighted by atomic mass is 19.1. The molecule has 1 aromatic heterocycles. The summed E-state index contributed by atoms with van der Waals surface area (Å²) in [6.07, 6.45) is 0.506. The maximum Gasteiger partial charge on any atom is 0.255 e. The van der Waals surface area contributed by atoms with Gasteiger partial charge < -0.3 is 10.1 Å². The zero-order valence-electron chi connectivity index (χ0n) is 13.1. The van der Waals surface area contributed by atoms with Crippen molar-refractivity contribution in [3.05, 3.63) is 63.1 Å². The van der Waals surface area contributed by atoms with E-state index in [1.165, 1.54) is 6.07 Å². The van der Waals surface area contributed by atoms with Gasteiger partial charge in [0.1, 0.15) is 11.6 Å². The second kappa shape index (κ2) is 6.60. The zero-order chi connectivity index (χ0) is 16.4. The van der Waals surface area contributed by atoms with E-state index >= 15 is 0 Å². The van der Waals surface area contributed by atoms with Crippen LogP contribution >= 0.6 is 0 Å². The molecule has 2 N–H and O–H groups in total. The van der Waals surface area contributed by atoms with Crippen molar-refractivity contribution in [1.82, 2.24) is 14.9 Å². The Morgan fingerprint density at radius 3 is 2.96 bits per heavy atom. The minimum atomic E-state index is -0.427. The Morgan fingerprint density at radius 1 is 1.43 bits per heavy atom. The number of hydrogen-bond donors (Lipinski definition) is 2. The molecule has 1 aliphatic rings. The number of aromatic nitrogens is 2. The summed E-state index contributed by atoms with van der Waals surface area (Å²) in [6, 6.07) is 6.50. The molecule has 5 nitrogen and oxygen atoms in total. The van der Waals surface area contributed by atoms with Crippen molar-refractivity contribution in [1.29, 1.82) is 0 Å². The van der Waals surface area contributed by atoms with Crippen molar-refractivity contribution in [2.75, 3.05) is 13.1 Å². The van der Waals surface area contributed by atoms with Gasteiger partial charge in [0.25, 0.3) is 5.56 Å². The smallest absolute Gasteiger partial charge is 0.255 e. The number of nitrogens with zero attached hydrogens (tertiary/aromatic N) is 2. The number of halogens is 1. The van der Waals surface area contributed by atoms with Crippen LogP contribution in [0.4, 0.5) is 4.39 Å². The number of H-pyrrole nitrogens is 1. The Morgan fingerprint density at radius 2 is 2.22 bits per heavy atom. The molecule has 23 heavy (non-hydrogen) atoms. The van der Waals surface area contributed by atoms with Gasteiger partial charge in [-0.15, -0.1) is 0 Å². The third kappa shape index (κ3) is 3.65. The first-order chi connectivity index (χ1) is 11.0. The van der Waals surface area contributed by atoms with Crippen molar-refractivity contribution < 1.29 is 9.50 Å². The Kier molecular flexibility index (Phi) is 4.54. The molecule has 2 aromatic rings. The van der Waals surface area contributed by atoms with Gasteiger partial charge in [-0.05, 0) is 18.6 Å². The molecular weight excluding hydrogens is 297 g/mol. The summed E-state index contributed by atoms with van der Waals surface area (Å²) in [5.74, 6) is 0.193. The molecular formula is C17H20FN3O2. The van der Waals surface area contributed by atoms with Crippen LogP contribution in [0.2, 0.25) is 0 Å².